The van der Waals surface area contributed by atoms with Crippen molar-refractivity contribution in [2.45, 2.75) is 6.92 Å². The summed E-state index contributed by atoms with van der Waals surface area (Å²) in [6, 6.07) is 15.2. The molecule has 0 radical (unpaired) electrons. The van der Waals surface area contributed by atoms with Gasteiger partial charge in [-0.1, -0.05) is 12.1 Å². The second-order valence-corrected chi connectivity index (χ2v) is 6.09. The van der Waals surface area contributed by atoms with Crippen molar-refractivity contribution in [3.63, 3.8) is 0 Å². The molecule has 3 rings (SSSR count). The SMILES string of the molecule is COc1ccc(C(=O)Nc2ccc(Nc3cccc(C(C)=O)c3)nn2)cc1OC. The number of methoxy groups -OCH3 is 2. The first kappa shape index (κ1) is 19.8. The highest BCUT2D eigenvalue weighted by Crippen LogP contribution is 2.27. The Hall–Kier alpha value is -3.94. The number of hydrogen-bond donors (Lipinski definition) is 2. The molecular weight excluding hydrogens is 372 g/mol. The number of nitrogens with zero attached hydrogens (tertiary/aromatic N) is 2. The molecule has 3 aromatic rings. The highest BCUT2D eigenvalue weighted by atomic mass is 16.5. The Balaban J connectivity index is 1.68. The van der Waals surface area contributed by atoms with E-state index >= 15 is 0 Å². The normalized spacial score (nSPS) is 10.2. The van der Waals surface area contributed by atoms with Gasteiger partial charge in [0.1, 0.15) is 0 Å². The first-order chi connectivity index (χ1) is 14.0. The maximum Gasteiger partial charge on any atom is 0.257 e. The summed E-state index contributed by atoms with van der Waals surface area (Å²) >= 11 is 0. The number of carbonyl (C=O) groups is 2. The van der Waals surface area contributed by atoms with Gasteiger partial charge in [0.05, 0.1) is 14.2 Å². The summed E-state index contributed by atoms with van der Waals surface area (Å²) in [5.41, 5.74) is 1.71. The molecule has 0 saturated carbocycles. The van der Waals surface area contributed by atoms with Crippen molar-refractivity contribution in [1.29, 1.82) is 0 Å². The van der Waals surface area contributed by atoms with Gasteiger partial charge in [-0.25, -0.2) is 0 Å². The van der Waals surface area contributed by atoms with Gasteiger partial charge in [0.25, 0.3) is 5.91 Å². The molecule has 2 aromatic carbocycles. The summed E-state index contributed by atoms with van der Waals surface area (Å²) in [5, 5.41) is 13.8. The smallest absolute Gasteiger partial charge is 0.257 e. The van der Waals surface area contributed by atoms with E-state index in [2.05, 4.69) is 20.8 Å². The van der Waals surface area contributed by atoms with E-state index < -0.39 is 0 Å². The van der Waals surface area contributed by atoms with E-state index in [1.54, 1.807) is 48.5 Å². The number of ether oxygens (including phenoxy) is 2. The second kappa shape index (κ2) is 8.83. The van der Waals surface area contributed by atoms with Crippen LogP contribution < -0.4 is 20.1 Å². The number of ketones is 1. The molecule has 0 bridgehead atoms. The first-order valence-electron chi connectivity index (χ1n) is 8.75. The van der Waals surface area contributed by atoms with Crippen LogP contribution >= 0.6 is 0 Å². The monoisotopic (exact) mass is 392 g/mol. The van der Waals surface area contributed by atoms with Crippen molar-refractivity contribution in [1.82, 2.24) is 10.2 Å². The summed E-state index contributed by atoms with van der Waals surface area (Å²) in [6.45, 7) is 1.51. The van der Waals surface area contributed by atoms with Crippen LogP contribution in [0.5, 0.6) is 11.5 Å². The van der Waals surface area contributed by atoms with E-state index in [4.69, 9.17) is 9.47 Å². The lowest BCUT2D eigenvalue weighted by Crippen LogP contribution is -2.13. The molecular formula is C21H20N4O4. The molecule has 0 atom stereocenters. The lowest BCUT2D eigenvalue weighted by molar-refractivity contribution is 0.101. The van der Waals surface area contributed by atoms with Crippen LogP contribution in [0.4, 0.5) is 17.3 Å². The number of Topliss-reactive ketones (excluding diaryl/α,β-unsaturated/α-hetero) is 1. The minimum atomic E-state index is -0.352. The Morgan fingerprint density at radius 1 is 0.828 bits per heavy atom. The lowest BCUT2D eigenvalue weighted by Gasteiger charge is -2.10. The van der Waals surface area contributed by atoms with Gasteiger partial charge in [0, 0.05) is 16.8 Å². The molecule has 1 heterocycles. The molecule has 0 spiro atoms. The molecule has 0 saturated heterocycles. The average molecular weight is 392 g/mol. The van der Waals surface area contributed by atoms with Crippen molar-refractivity contribution in [2.75, 3.05) is 24.9 Å². The molecule has 148 valence electrons. The fourth-order valence-electron chi connectivity index (χ4n) is 2.60. The molecule has 8 heteroatoms. The Kier molecular flexibility index (Phi) is 6.03. The van der Waals surface area contributed by atoms with E-state index in [9.17, 15) is 9.59 Å². The Morgan fingerprint density at radius 3 is 2.21 bits per heavy atom. The van der Waals surface area contributed by atoms with Gasteiger partial charge >= 0.3 is 0 Å². The number of anilines is 3. The maximum atomic E-state index is 12.4. The summed E-state index contributed by atoms with van der Waals surface area (Å²) in [4.78, 5) is 23.9. The highest BCUT2D eigenvalue weighted by molar-refractivity contribution is 6.04. The Bertz CT molecular complexity index is 1040. The van der Waals surface area contributed by atoms with E-state index in [-0.39, 0.29) is 11.7 Å². The van der Waals surface area contributed by atoms with Crippen LogP contribution in [-0.4, -0.2) is 36.1 Å². The number of aromatic nitrogens is 2. The summed E-state index contributed by atoms with van der Waals surface area (Å²) in [7, 11) is 3.03. The Labute approximate surface area is 167 Å². The molecule has 8 nitrogen and oxygen atoms in total. The fourth-order valence-corrected chi connectivity index (χ4v) is 2.60. The van der Waals surface area contributed by atoms with Crippen molar-refractivity contribution >= 4 is 29.0 Å². The van der Waals surface area contributed by atoms with Gasteiger partial charge in [0.2, 0.25) is 0 Å². The van der Waals surface area contributed by atoms with Crippen LogP contribution in [0, 0.1) is 0 Å². The summed E-state index contributed by atoms with van der Waals surface area (Å²) < 4.78 is 10.4. The summed E-state index contributed by atoms with van der Waals surface area (Å²) in [5.74, 6) is 1.40. The molecule has 2 N–H and O–H groups in total. The zero-order chi connectivity index (χ0) is 20.8. The Morgan fingerprint density at radius 2 is 1.55 bits per heavy atom. The first-order valence-corrected chi connectivity index (χ1v) is 8.75. The lowest BCUT2D eigenvalue weighted by atomic mass is 10.1. The van der Waals surface area contributed by atoms with Gasteiger partial charge < -0.3 is 20.1 Å². The summed E-state index contributed by atoms with van der Waals surface area (Å²) in [6.07, 6.45) is 0. The molecule has 1 amide bonds. The molecule has 0 aliphatic carbocycles. The van der Waals surface area contributed by atoms with E-state index in [0.29, 0.717) is 39.9 Å². The van der Waals surface area contributed by atoms with Gasteiger partial charge in [-0.15, -0.1) is 10.2 Å². The van der Waals surface area contributed by atoms with Gasteiger partial charge in [-0.3, -0.25) is 9.59 Å². The van der Waals surface area contributed by atoms with Crippen LogP contribution in [0.1, 0.15) is 27.6 Å². The minimum absolute atomic E-state index is 0.0204. The van der Waals surface area contributed by atoms with E-state index in [1.165, 1.54) is 21.1 Å². The minimum Gasteiger partial charge on any atom is -0.493 e. The largest absolute Gasteiger partial charge is 0.493 e. The van der Waals surface area contributed by atoms with E-state index in [0.717, 1.165) is 0 Å². The second-order valence-electron chi connectivity index (χ2n) is 6.09. The number of amides is 1. The number of benzene rings is 2. The molecule has 1 aromatic heterocycles. The van der Waals surface area contributed by atoms with Crippen LogP contribution in [0.2, 0.25) is 0 Å². The standard InChI is InChI=1S/C21H20N4O4/c1-13(26)14-5-4-6-16(11-14)22-19-9-10-20(25-24-19)23-21(27)15-7-8-17(28-2)18(12-15)29-3/h4-12H,1-3H3,(H,22,24)(H,23,25,27). The zero-order valence-corrected chi connectivity index (χ0v) is 16.2. The van der Waals surface area contributed by atoms with Crippen LogP contribution in [0.3, 0.4) is 0 Å². The molecule has 0 fully saturated rings. The molecule has 0 aliphatic rings. The zero-order valence-electron chi connectivity index (χ0n) is 16.2. The van der Waals surface area contributed by atoms with Crippen molar-refractivity contribution in [3.05, 3.63) is 65.7 Å². The third-order valence-electron chi connectivity index (χ3n) is 4.09. The van der Waals surface area contributed by atoms with Crippen LogP contribution in [0.25, 0.3) is 0 Å². The number of hydrogen-bond acceptors (Lipinski definition) is 7. The van der Waals surface area contributed by atoms with Gasteiger partial charge in [0.15, 0.2) is 28.9 Å². The average Bonchev–Trinajstić information content (AvgIpc) is 2.74. The van der Waals surface area contributed by atoms with Crippen molar-refractivity contribution < 1.29 is 19.1 Å². The number of nitrogens with one attached hydrogen (secondary N) is 2. The van der Waals surface area contributed by atoms with Crippen molar-refractivity contribution in [2.24, 2.45) is 0 Å². The quantitative estimate of drug-likeness (QED) is 0.591. The molecule has 0 aliphatic heterocycles. The molecule has 29 heavy (non-hydrogen) atoms. The molecule has 0 unspecified atom stereocenters. The van der Waals surface area contributed by atoms with Crippen LogP contribution in [-0.2, 0) is 0 Å². The number of carbonyl (C=O) groups excluding carboxylic acids is 2. The third kappa shape index (κ3) is 4.86. The highest BCUT2D eigenvalue weighted by Gasteiger charge is 2.12. The maximum absolute atomic E-state index is 12.4. The predicted molar refractivity (Wildman–Crippen MR) is 109 cm³/mol. The number of rotatable bonds is 7. The third-order valence-corrected chi connectivity index (χ3v) is 4.09. The predicted octanol–water partition coefficient (Wildman–Crippen LogP) is 3.69. The van der Waals surface area contributed by atoms with Crippen molar-refractivity contribution in [3.8, 4) is 11.5 Å². The van der Waals surface area contributed by atoms with Gasteiger partial charge in [-0.2, -0.15) is 0 Å². The topological polar surface area (TPSA) is 102 Å². The fraction of sp³-hybridized carbons (Fsp3) is 0.143. The van der Waals surface area contributed by atoms with E-state index in [1.807, 2.05) is 6.07 Å². The van der Waals surface area contributed by atoms with Gasteiger partial charge in [-0.05, 0) is 49.4 Å². The van der Waals surface area contributed by atoms with Crippen LogP contribution in [0.15, 0.2) is 54.6 Å².